The van der Waals surface area contributed by atoms with Gasteiger partial charge < -0.3 is 15.1 Å². The second-order valence-electron chi connectivity index (χ2n) is 6.66. The number of benzene rings is 1. The topological polar surface area (TPSA) is 65.7 Å². The molecule has 0 spiro atoms. The summed E-state index contributed by atoms with van der Waals surface area (Å²) in [4.78, 5) is 12.2. The minimum absolute atomic E-state index is 0. The number of furan rings is 1. The molecule has 0 amide bonds. The molecule has 156 valence electrons. The highest BCUT2D eigenvalue weighted by Crippen LogP contribution is 2.14. The Hall–Kier alpha value is -1.91. The van der Waals surface area contributed by atoms with E-state index < -0.39 is 0 Å². The van der Waals surface area contributed by atoms with Gasteiger partial charge in [0.15, 0.2) is 5.96 Å². The average molecular weight is 525 g/mol. The van der Waals surface area contributed by atoms with Gasteiger partial charge in [-0.2, -0.15) is 0 Å². The molecule has 0 fully saturated rings. The van der Waals surface area contributed by atoms with Crippen molar-refractivity contribution >= 4 is 41.3 Å². The number of hydrogen-bond acceptors (Lipinski definition) is 5. The first-order chi connectivity index (χ1) is 13.6. The number of thiazole rings is 1. The van der Waals surface area contributed by atoms with Gasteiger partial charge in [-0.05, 0) is 37.2 Å². The molecule has 0 radical (unpaired) electrons. The molecule has 3 rings (SSSR count). The molecule has 0 saturated heterocycles. The molecular weight excluding hydrogens is 497 g/mol. The van der Waals surface area contributed by atoms with E-state index in [0.29, 0.717) is 13.1 Å². The van der Waals surface area contributed by atoms with Crippen molar-refractivity contribution in [2.45, 2.75) is 33.1 Å². The van der Waals surface area contributed by atoms with E-state index in [9.17, 15) is 0 Å². The molecule has 0 saturated carbocycles. The van der Waals surface area contributed by atoms with Crippen LogP contribution in [0.1, 0.15) is 26.8 Å². The van der Waals surface area contributed by atoms with Crippen molar-refractivity contribution in [2.24, 2.45) is 4.99 Å². The molecule has 0 unspecified atom stereocenters. The fourth-order valence-electron chi connectivity index (χ4n) is 2.94. The molecule has 0 aliphatic carbocycles. The van der Waals surface area contributed by atoms with Gasteiger partial charge >= 0.3 is 0 Å². The zero-order valence-electron chi connectivity index (χ0n) is 17.0. The number of aliphatic imine (C=N–C) groups is 1. The van der Waals surface area contributed by atoms with Gasteiger partial charge in [0, 0.05) is 31.2 Å². The molecule has 3 aromatic rings. The van der Waals surface area contributed by atoms with Gasteiger partial charge in [-0.3, -0.25) is 9.89 Å². The third-order valence-electron chi connectivity index (χ3n) is 4.31. The summed E-state index contributed by atoms with van der Waals surface area (Å²) in [6.45, 7) is 5.08. The highest BCUT2D eigenvalue weighted by atomic mass is 127. The van der Waals surface area contributed by atoms with E-state index in [1.807, 2.05) is 18.3 Å². The number of aryl methyl sites for hydroxylation is 1. The summed E-state index contributed by atoms with van der Waals surface area (Å²) in [5.74, 6) is 1.74. The van der Waals surface area contributed by atoms with Crippen LogP contribution < -0.4 is 10.6 Å². The van der Waals surface area contributed by atoms with Gasteiger partial charge in [-0.1, -0.05) is 24.3 Å². The Morgan fingerprint density at radius 2 is 1.86 bits per heavy atom. The third-order valence-corrected chi connectivity index (χ3v) is 5.22. The minimum Gasteiger partial charge on any atom is -0.468 e. The first kappa shape index (κ1) is 23.4. The van der Waals surface area contributed by atoms with Crippen LogP contribution >= 0.6 is 35.3 Å². The molecule has 0 aliphatic rings. The molecule has 2 N–H and O–H groups in total. The zero-order chi connectivity index (χ0) is 19.8. The fourth-order valence-corrected chi connectivity index (χ4v) is 3.67. The quantitative estimate of drug-likeness (QED) is 0.263. The predicted octanol–water partition coefficient (Wildman–Crippen LogP) is 4.16. The summed E-state index contributed by atoms with van der Waals surface area (Å²) in [5, 5.41) is 7.78. The summed E-state index contributed by atoms with van der Waals surface area (Å²) >= 11 is 1.70. The lowest BCUT2D eigenvalue weighted by Crippen LogP contribution is -2.36. The molecule has 29 heavy (non-hydrogen) atoms. The van der Waals surface area contributed by atoms with Crippen molar-refractivity contribution < 1.29 is 4.42 Å². The monoisotopic (exact) mass is 525 g/mol. The fraction of sp³-hybridized carbons (Fsp3) is 0.333. The van der Waals surface area contributed by atoms with Gasteiger partial charge in [0.05, 0.1) is 19.4 Å². The van der Waals surface area contributed by atoms with Crippen molar-refractivity contribution in [3.63, 3.8) is 0 Å². The van der Waals surface area contributed by atoms with E-state index in [1.54, 1.807) is 24.6 Å². The lowest BCUT2D eigenvalue weighted by molar-refractivity contribution is 0.287. The van der Waals surface area contributed by atoms with Gasteiger partial charge in [-0.15, -0.1) is 35.3 Å². The molecule has 6 nitrogen and oxygen atoms in total. The Labute approximate surface area is 193 Å². The second kappa shape index (κ2) is 11.9. The Morgan fingerprint density at radius 3 is 2.52 bits per heavy atom. The van der Waals surface area contributed by atoms with Crippen LogP contribution in [0, 0.1) is 6.92 Å². The van der Waals surface area contributed by atoms with Crippen molar-refractivity contribution in [1.29, 1.82) is 0 Å². The van der Waals surface area contributed by atoms with Crippen LogP contribution in [0.25, 0.3) is 0 Å². The summed E-state index contributed by atoms with van der Waals surface area (Å²) in [6, 6.07) is 12.4. The van der Waals surface area contributed by atoms with Crippen LogP contribution in [-0.4, -0.2) is 29.9 Å². The standard InChI is InChI=1S/C21H27N5OS.HI/c1-16-11-23-20(28-16)13-25-21(22-2)24-12-17-7-4-5-8-18(17)14-26(3)15-19-9-6-10-27-19;/h4-11H,12-15H2,1-3H3,(H2,22,24,25);1H. The Balaban J connectivity index is 0.00000300. The predicted molar refractivity (Wildman–Crippen MR) is 130 cm³/mol. The molecule has 0 bridgehead atoms. The molecule has 2 aromatic heterocycles. The molecule has 0 aliphatic heterocycles. The van der Waals surface area contributed by atoms with E-state index >= 15 is 0 Å². The van der Waals surface area contributed by atoms with E-state index in [0.717, 1.165) is 29.8 Å². The van der Waals surface area contributed by atoms with Crippen LogP contribution in [0.2, 0.25) is 0 Å². The van der Waals surface area contributed by atoms with E-state index in [-0.39, 0.29) is 24.0 Å². The van der Waals surface area contributed by atoms with Crippen molar-refractivity contribution in [3.8, 4) is 0 Å². The summed E-state index contributed by atoms with van der Waals surface area (Å²) in [6.07, 6.45) is 3.61. The summed E-state index contributed by atoms with van der Waals surface area (Å²) in [7, 11) is 3.88. The van der Waals surface area contributed by atoms with Crippen LogP contribution in [0.5, 0.6) is 0 Å². The number of halogens is 1. The van der Waals surface area contributed by atoms with Gasteiger partial charge in [0.2, 0.25) is 0 Å². The van der Waals surface area contributed by atoms with Crippen LogP contribution in [0.15, 0.2) is 58.3 Å². The van der Waals surface area contributed by atoms with Crippen LogP contribution in [-0.2, 0) is 26.2 Å². The molecular formula is C21H28IN5OS. The Kier molecular flexibility index (Phi) is 9.62. The summed E-state index contributed by atoms with van der Waals surface area (Å²) < 4.78 is 5.45. The van der Waals surface area contributed by atoms with Crippen LogP contribution in [0.4, 0.5) is 0 Å². The lowest BCUT2D eigenvalue weighted by atomic mass is 10.1. The van der Waals surface area contributed by atoms with Crippen LogP contribution in [0.3, 0.4) is 0 Å². The van der Waals surface area contributed by atoms with Gasteiger partial charge in [0.1, 0.15) is 10.8 Å². The normalized spacial score (nSPS) is 11.4. The lowest BCUT2D eigenvalue weighted by Gasteiger charge is -2.19. The number of rotatable bonds is 8. The maximum Gasteiger partial charge on any atom is 0.191 e. The van der Waals surface area contributed by atoms with E-state index in [4.69, 9.17) is 4.42 Å². The number of nitrogens with one attached hydrogen (secondary N) is 2. The minimum atomic E-state index is 0. The third kappa shape index (κ3) is 7.45. The average Bonchev–Trinajstić information content (AvgIpc) is 3.34. The second-order valence-corrected chi connectivity index (χ2v) is 7.98. The molecule has 2 heterocycles. The van der Waals surface area contributed by atoms with Crippen molar-refractivity contribution in [3.05, 3.63) is 75.6 Å². The van der Waals surface area contributed by atoms with Gasteiger partial charge in [0.25, 0.3) is 0 Å². The molecule has 1 aromatic carbocycles. The maximum atomic E-state index is 5.45. The first-order valence-corrected chi connectivity index (χ1v) is 10.1. The van der Waals surface area contributed by atoms with Crippen molar-refractivity contribution in [2.75, 3.05) is 14.1 Å². The number of aromatic nitrogens is 1. The SMILES string of the molecule is CN=C(NCc1ncc(C)s1)NCc1ccccc1CN(C)Cc1ccco1.I. The highest BCUT2D eigenvalue weighted by molar-refractivity contribution is 14.0. The number of hydrogen-bond donors (Lipinski definition) is 2. The van der Waals surface area contributed by atoms with Gasteiger partial charge in [-0.25, -0.2) is 4.98 Å². The van der Waals surface area contributed by atoms with E-state index in [1.165, 1.54) is 16.0 Å². The summed E-state index contributed by atoms with van der Waals surface area (Å²) in [5.41, 5.74) is 2.54. The smallest absolute Gasteiger partial charge is 0.191 e. The Bertz CT molecular complexity index is 894. The molecule has 8 heteroatoms. The number of guanidine groups is 1. The first-order valence-electron chi connectivity index (χ1n) is 9.27. The molecule has 0 atom stereocenters. The largest absolute Gasteiger partial charge is 0.468 e. The highest BCUT2D eigenvalue weighted by Gasteiger charge is 2.08. The zero-order valence-corrected chi connectivity index (χ0v) is 20.2. The maximum absolute atomic E-state index is 5.45. The van der Waals surface area contributed by atoms with E-state index in [2.05, 4.69) is 63.7 Å². The number of nitrogens with zero attached hydrogens (tertiary/aromatic N) is 3. The Morgan fingerprint density at radius 1 is 1.10 bits per heavy atom. The van der Waals surface area contributed by atoms with Crippen molar-refractivity contribution in [1.82, 2.24) is 20.5 Å².